The molecular formula is C15H18N2O6. The first-order chi connectivity index (χ1) is 10.8. The van der Waals surface area contributed by atoms with Gasteiger partial charge in [-0.3, -0.25) is 19.7 Å². The molecule has 1 aromatic rings. The van der Waals surface area contributed by atoms with Gasteiger partial charge in [0.1, 0.15) is 0 Å². The number of carboxylic acids is 1. The van der Waals surface area contributed by atoms with Crippen molar-refractivity contribution in [1.29, 1.82) is 0 Å². The molecule has 0 saturated carbocycles. The number of nitro benzene ring substituents is 1. The molecule has 1 heterocycles. The van der Waals surface area contributed by atoms with E-state index in [4.69, 9.17) is 4.74 Å². The van der Waals surface area contributed by atoms with Crippen LogP contribution in [-0.2, 0) is 9.53 Å². The number of carbonyl (C=O) groups excluding carboxylic acids is 1. The van der Waals surface area contributed by atoms with Crippen LogP contribution in [0.4, 0.5) is 5.69 Å². The number of nitrogens with zero attached hydrogens (tertiary/aromatic N) is 1. The number of nitro groups is 1. The second kappa shape index (κ2) is 6.74. The molecule has 8 nitrogen and oxygen atoms in total. The van der Waals surface area contributed by atoms with E-state index < -0.39 is 22.2 Å². The molecule has 0 radical (unpaired) electrons. The Hall–Kier alpha value is -2.48. The monoisotopic (exact) mass is 322 g/mol. The summed E-state index contributed by atoms with van der Waals surface area (Å²) < 4.78 is 5.17. The maximum atomic E-state index is 12.2. The molecule has 1 aliphatic rings. The summed E-state index contributed by atoms with van der Waals surface area (Å²) >= 11 is 0. The van der Waals surface area contributed by atoms with E-state index in [9.17, 15) is 24.8 Å². The van der Waals surface area contributed by atoms with Gasteiger partial charge in [0, 0.05) is 37.5 Å². The largest absolute Gasteiger partial charge is 0.481 e. The van der Waals surface area contributed by atoms with Gasteiger partial charge in [0.25, 0.3) is 11.6 Å². The van der Waals surface area contributed by atoms with Crippen molar-refractivity contribution in [3.05, 3.63) is 39.4 Å². The zero-order valence-corrected chi connectivity index (χ0v) is 12.7. The summed E-state index contributed by atoms with van der Waals surface area (Å²) in [5, 5.41) is 22.9. The predicted molar refractivity (Wildman–Crippen MR) is 80.3 cm³/mol. The van der Waals surface area contributed by atoms with E-state index in [1.54, 1.807) is 6.92 Å². The van der Waals surface area contributed by atoms with Crippen LogP contribution in [0.3, 0.4) is 0 Å². The first-order valence-corrected chi connectivity index (χ1v) is 7.19. The molecular weight excluding hydrogens is 304 g/mol. The molecule has 124 valence electrons. The van der Waals surface area contributed by atoms with Crippen molar-refractivity contribution in [1.82, 2.24) is 5.32 Å². The first kappa shape index (κ1) is 16.9. The number of rotatable bonds is 5. The van der Waals surface area contributed by atoms with E-state index in [2.05, 4.69) is 5.32 Å². The Morgan fingerprint density at radius 3 is 2.57 bits per heavy atom. The number of nitrogens with one attached hydrogen (secondary N) is 1. The highest BCUT2D eigenvalue weighted by Crippen LogP contribution is 2.30. The van der Waals surface area contributed by atoms with Crippen LogP contribution in [0.15, 0.2) is 18.2 Å². The summed E-state index contributed by atoms with van der Waals surface area (Å²) in [7, 11) is 0. The molecule has 0 spiro atoms. The van der Waals surface area contributed by atoms with Gasteiger partial charge in [-0.05, 0) is 31.4 Å². The highest BCUT2D eigenvalue weighted by molar-refractivity contribution is 5.95. The molecule has 0 atom stereocenters. The minimum atomic E-state index is -1.05. The fourth-order valence-electron chi connectivity index (χ4n) is 2.58. The SMILES string of the molecule is Cc1cc(C(=O)NCC2(C(=O)O)CCOCC2)cc([N+](=O)[O-])c1. The van der Waals surface area contributed by atoms with Crippen molar-refractivity contribution < 1.29 is 24.4 Å². The highest BCUT2D eigenvalue weighted by atomic mass is 16.6. The van der Waals surface area contributed by atoms with E-state index in [1.807, 2.05) is 0 Å². The maximum Gasteiger partial charge on any atom is 0.311 e. The molecule has 0 aromatic heterocycles. The molecule has 1 saturated heterocycles. The normalized spacial score (nSPS) is 16.6. The lowest BCUT2D eigenvalue weighted by Gasteiger charge is -2.33. The molecule has 23 heavy (non-hydrogen) atoms. The number of non-ortho nitro benzene ring substituents is 1. The number of benzene rings is 1. The van der Waals surface area contributed by atoms with Crippen LogP contribution in [0.5, 0.6) is 0 Å². The molecule has 0 aliphatic carbocycles. The van der Waals surface area contributed by atoms with Crippen molar-refractivity contribution in [2.75, 3.05) is 19.8 Å². The van der Waals surface area contributed by atoms with Crippen molar-refractivity contribution >= 4 is 17.6 Å². The maximum absolute atomic E-state index is 12.2. The Kier molecular flexibility index (Phi) is 4.95. The first-order valence-electron chi connectivity index (χ1n) is 7.19. The Balaban J connectivity index is 2.12. The van der Waals surface area contributed by atoms with Crippen molar-refractivity contribution in [3.63, 3.8) is 0 Å². The molecule has 1 aliphatic heterocycles. The van der Waals surface area contributed by atoms with Gasteiger partial charge in [0.05, 0.1) is 10.3 Å². The number of aliphatic carboxylic acids is 1. The lowest BCUT2D eigenvalue weighted by molar-refractivity contribution is -0.384. The van der Waals surface area contributed by atoms with Crippen LogP contribution in [0.2, 0.25) is 0 Å². The Morgan fingerprint density at radius 1 is 1.35 bits per heavy atom. The van der Waals surface area contributed by atoms with Gasteiger partial charge in [0.15, 0.2) is 0 Å². The van der Waals surface area contributed by atoms with Crippen molar-refractivity contribution in [2.24, 2.45) is 5.41 Å². The second-order valence-corrected chi connectivity index (χ2v) is 5.69. The molecule has 8 heteroatoms. The van der Waals surface area contributed by atoms with Crippen LogP contribution in [0.25, 0.3) is 0 Å². The molecule has 1 fully saturated rings. The van der Waals surface area contributed by atoms with Gasteiger partial charge < -0.3 is 15.2 Å². The minimum Gasteiger partial charge on any atom is -0.481 e. The topological polar surface area (TPSA) is 119 Å². The van der Waals surface area contributed by atoms with Crippen LogP contribution in [0, 0.1) is 22.5 Å². The molecule has 0 unspecified atom stereocenters. The summed E-state index contributed by atoms with van der Waals surface area (Å²) in [5.41, 5.74) is -0.495. The Bertz CT molecular complexity index is 637. The van der Waals surface area contributed by atoms with E-state index in [0.29, 0.717) is 31.6 Å². The Morgan fingerprint density at radius 2 is 2.00 bits per heavy atom. The fraction of sp³-hybridized carbons (Fsp3) is 0.467. The summed E-state index contributed by atoms with van der Waals surface area (Å²) in [6, 6.07) is 4.08. The third-order valence-corrected chi connectivity index (χ3v) is 4.03. The van der Waals surface area contributed by atoms with Gasteiger partial charge in [-0.25, -0.2) is 0 Å². The molecule has 2 rings (SSSR count). The van der Waals surface area contributed by atoms with Crippen LogP contribution in [0.1, 0.15) is 28.8 Å². The van der Waals surface area contributed by atoms with E-state index in [1.165, 1.54) is 18.2 Å². The Labute approximate surface area is 132 Å². The fourth-order valence-corrected chi connectivity index (χ4v) is 2.58. The summed E-state index contributed by atoms with van der Waals surface area (Å²) in [6.45, 7) is 2.28. The summed E-state index contributed by atoms with van der Waals surface area (Å²) in [4.78, 5) is 34.0. The van der Waals surface area contributed by atoms with Gasteiger partial charge in [-0.1, -0.05) is 0 Å². The van der Waals surface area contributed by atoms with Gasteiger partial charge in [0.2, 0.25) is 0 Å². The zero-order valence-electron chi connectivity index (χ0n) is 12.7. The van der Waals surface area contributed by atoms with E-state index in [-0.39, 0.29) is 17.8 Å². The quantitative estimate of drug-likeness (QED) is 0.626. The lowest BCUT2D eigenvalue weighted by atomic mass is 9.80. The van der Waals surface area contributed by atoms with Crippen LogP contribution >= 0.6 is 0 Å². The highest BCUT2D eigenvalue weighted by Gasteiger charge is 2.40. The third-order valence-electron chi connectivity index (χ3n) is 4.03. The number of aryl methyl sites for hydroxylation is 1. The number of carboxylic acid groups (broad SMARTS) is 1. The third kappa shape index (κ3) is 3.84. The predicted octanol–water partition coefficient (Wildman–Crippen LogP) is 1.51. The summed E-state index contributed by atoms with van der Waals surface area (Å²) in [5.74, 6) is -1.50. The molecule has 1 aromatic carbocycles. The number of amides is 1. The van der Waals surface area contributed by atoms with Gasteiger partial charge >= 0.3 is 5.97 Å². The van der Waals surface area contributed by atoms with Crippen molar-refractivity contribution in [3.8, 4) is 0 Å². The van der Waals surface area contributed by atoms with Gasteiger partial charge in [-0.2, -0.15) is 0 Å². The van der Waals surface area contributed by atoms with Crippen molar-refractivity contribution in [2.45, 2.75) is 19.8 Å². The van der Waals surface area contributed by atoms with E-state index in [0.717, 1.165) is 0 Å². The number of hydrogen-bond donors (Lipinski definition) is 2. The standard InChI is InChI=1S/C15H18N2O6/c1-10-6-11(8-12(7-10)17(21)22)13(18)16-9-15(14(19)20)2-4-23-5-3-15/h6-8H,2-5,9H2,1H3,(H,16,18)(H,19,20). The number of carbonyl (C=O) groups is 2. The minimum absolute atomic E-state index is 0.0355. The second-order valence-electron chi connectivity index (χ2n) is 5.69. The molecule has 1 amide bonds. The number of hydrogen-bond acceptors (Lipinski definition) is 5. The zero-order chi connectivity index (χ0) is 17.0. The lowest BCUT2D eigenvalue weighted by Crippen LogP contribution is -2.46. The van der Waals surface area contributed by atoms with E-state index >= 15 is 0 Å². The molecule has 0 bridgehead atoms. The smallest absolute Gasteiger partial charge is 0.311 e. The van der Waals surface area contributed by atoms with Crippen LogP contribution in [-0.4, -0.2) is 41.7 Å². The number of ether oxygens (including phenoxy) is 1. The average molecular weight is 322 g/mol. The summed E-state index contributed by atoms with van der Waals surface area (Å²) in [6.07, 6.45) is 0.632. The average Bonchev–Trinajstić information content (AvgIpc) is 2.52. The molecule has 2 N–H and O–H groups in total. The van der Waals surface area contributed by atoms with Gasteiger partial charge in [-0.15, -0.1) is 0 Å². The van der Waals surface area contributed by atoms with Crippen LogP contribution < -0.4 is 5.32 Å².